The van der Waals surface area contributed by atoms with Crippen LogP contribution in [0, 0.1) is 0 Å². The Balaban J connectivity index is 1.96. The predicted octanol–water partition coefficient (Wildman–Crippen LogP) is 1.78. The Kier molecular flexibility index (Phi) is 6.88. The summed E-state index contributed by atoms with van der Waals surface area (Å²) in [7, 11) is 0. The minimum absolute atomic E-state index is 0.152. The van der Waals surface area contributed by atoms with Crippen molar-refractivity contribution in [1.82, 2.24) is 10.6 Å². The van der Waals surface area contributed by atoms with E-state index in [1.54, 1.807) is 0 Å². The summed E-state index contributed by atoms with van der Waals surface area (Å²) < 4.78 is 0. The van der Waals surface area contributed by atoms with Gasteiger partial charge in [0.1, 0.15) is 0 Å². The summed E-state index contributed by atoms with van der Waals surface area (Å²) in [5.41, 5.74) is 0. The standard InChI is InChI=1S/C12H24N2OS/c1-10(2)14-12(15)6-7-13-9-11-5-3-4-8-16-11/h10-11,13H,3-9H2,1-2H3,(H,14,15). The normalized spacial score (nSPS) is 21.1. The van der Waals surface area contributed by atoms with E-state index in [9.17, 15) is 4.79 Å². The fourth-order valence-electron chi connectivity index (χ4n) is 1.83. The lowest BCUT2D eigenvalue weighted by molar-refractivity contribution is -0.121. The van der Waals surface area contributed by atoms with Gasteiger partial charge in [-0.05, 0) is 32.4 Å². The highest BCUT2D eigenvalue weighted by Crippen LogP contribution is 2.24. The van der Waals surface area contributed by atoms with Gasteiger partial charge in [-0.3, -0.25) is 4.79 Å². The van der Waals surface area contributed by atoms with Gasteiger partial charge in [0, 0.05) is 30.8 Å². The second-order valence-electron chi connectivity index (χ2n) is 4.66. The van der Waals surface area contributed by atoms with Crippen LogP contribution in [0.2, 0.25) is 0 Å². The zero-order chi connectivity index (χ0) is 11.8. The average Bonchev–Trinajstić information content (AvgIpc) is 2.25. The Hall–Kier alpha value is -0.220. The molecule has 1 unspecified atom stereocenters. The lowest BCUT2D eigenvalue weighted by Crippen LogP contribution is -2.34. The van der Waals surface area contributed by atoms with Crippen molar-refractivity contribution in [3.63, 3.8) is 0 Å². The Bertz CT molecular complexity index is 203. The van der Waals surface area contributed by atoms with Gasteiger partial charge in [0.2, 0.25) is 5.91 Å². The molecule has 1 saturated heterocycles. The highest BCUT2D eigenvalue weighted by Gasteiger charge is 2.13. The second-order valence-corrected chi connectivity index (χ2v) is 6.07. The molecule has 1 rings (SSSR count). The highest BCUT2D eigenvalue weighted by molar-refractivity contribution is 7.99. The fraction of sp³-hybridized carbons (Fsp3) is 0.917. The number of carbonyl (C=O) groups is 1. The fourth-order valence-corrected chi connectivity index (χ4v) is 3.10. The molecule has 1 aliphatic rings. The molecule has 0 aromatic heterocycles. The van der Waals surface area contributed by atoms with E-state index in [4.69, 9.17) is 0 Å². The maximum Gasteiger partial charge on any atom is 0.221 e. The van der Waals surface area contributed by atoms with Gasteiger partial charge in [-0.15, -0.1) is 0 Å². The van der Waals surface area contributed by atoms with Crippen LogP contribution in [0.15, 0.2) is 0 Å². The number of hydrogen-bond donors (Lipinski definition) is 2. The van der Waals surface area contributed by atoms with Crippen molar-refractivity contribution >= 4 is 17.7 Å². The lowest BCUT2D eigenvalue weighted by Gasteiger charge is -2.21. The van der Waals surface area contributed by atoms with Crippen molar-refractivity contribution in [1.29, 1.82) is 0 Å². The molecule has 0 spiro atoms. The maximum absolute atomic E-state index is 11.3. The van der Waals surface area contributed by atoms with Crippen molar-refractivity contribution in [2.24, 2.45) is 0 Å². The van der Waals surface area contributed by atoms with Crippen molar-refractivity contribution in [3.05, 3.63) is 0 Å². The van der Waals surface area contributed by atoms with Crippen LogP contribution in [-0.2, 0) is 4.79 Å². The summed E-state index contributed by atoms with van der Waals surface area (Å²) in [5.74, 6) is 1.46. The van der Waals surface area contributed by atoms with Crippen LogP contribution < -0.4 is 10.6 Å². The molecular weight excluding hydrogens is 220 g/mol. The molecule has 0 radical (unpaired) electrons. The molecule has 0 saturated carbocycles. The number of thioether (sulfide) groups is 1. The Morgan fingerprint density at radius 2 is 2.25 bits per heavy atom. The molecule has 1 heterocycles. The van der Waals surface area contributed by atoms with Crippen LogP contribution in [0.4, 0.5) is 0 Å². The lowest BCUT2D eigenvalue weighted by atomic mass is 10.2. The van der Waals surface area contributed by atoms with Gasteiger partial charge in [-0.2, -0.15) is 11.8 Å². The van der Waals surface area contributed by atoms with Crippen LogP contribution >= 0.6 is 11.8 Å². The van der Waals surface area contributed by atoms with Crippen LogP contribution in [0.5, 0.6) is 0 Å². The van der Waals surface area contributed by atoms with Crippen LogP contribution in [-0.4, -0.2) is 36.0 Å². The third-order valence-corrected chi connectivity index (χ3v) is 4.02. The molecule has 3 nitrogen and oxygen atoms in total. The minimum Gasteiger partial charge on any atom is -0.354 e. The first kappa shape index (κ1) is 13.8. The molecule has 0 aromatic carbocycles. The third-order valence-electron chi connectivity index (χ3n) is 2.62. The Labute approximate surface area is 103 Å². The minimum atomic E-state index is 0.152. The molecule has 16 heavy (non-hydrogen) atoms. The molecule has 0 aliphatic carbocycles. The van der Waals surface area contributed by atoms with Gasteiger partial charge >= 0.3 is 0 Å². The highest BCUT2D eigenvalue weighted by atomic mass is 32.2. The number of hydrogen-bond acceptors (Lipinski definition) is 3. The van der Waals surface area contributed by atoms with Crippen LogP contribution in [0.25, 0.3) is 0 Å². The van der Waals surface area contributed by atoms with E-state index >= 15 is 0 Å². The predicted molar refractivity (Wildman–Crippen MR) is 70.9 cm³/mol. The van der Waals surface area contributed by atoms with E-state index in [1.165, 1.54) is 25.0 Å². The van der Waals surface area contributed by atoms with Crippen molar-refractivity contribution < 1.29 is 4.79 Å². The smallest absolute Gasteiger partial charge is 0.221 e. The first-order valence-corrected chi connectivity index (χ1v) is 7.35. The molecule has 1 amide bonds. The summed E-state index contributed by atoms with van der Waals surface area (Å²) in [5, 5.41) is 7.04. The van der Waals surface area contributed by atoms with E-state index < -0.39 is 0 Å². The van der Waals surface area contributed by atoms with E-state index in [1.807, 2.05) is 13.8 Å². The van der Waals surface area contributed by atoms with E-state index in [0.717, 1.165) is 18.3 Å². The molecule has 2 N–H and O–H groups in total. The van der Waals surface area contributed by atoms with Crippen LogP contribution in [0.3, 0.4) is 0 Å². The molecule has 1 atom stereocenters. The summed E-state index contributed by atoms with van der Waals surface area (Å²) in [6.07, 6.45) is 4.66. The molecule has 0 aromatic rings. The Morgan fingerprint density at radius 3 is 2.88 bits per heavy atom. The molecule has 1 aliphatic heterocycles. The first-order valence-electron chi connectivity index (χ1n) is 6.30. The summed E-state index contributed by atoms with van der Waals surface area (Å²) in [4.78, 5) is 11.3. The zero-order valence-electron chi connectivity index (χ0n) is 10.4. The first-order chi connectivity index (χ1) is 7.68. The van der Waals surface area contributed by atoms with Gasteiger partial charge in [0.15, 0.2) is 0 Å². The molecule has 0 bridgehead atoms. The zero-order valence-corrected chi connectivity index (χ0v) is 11.2. The summed E-state index contributed by atoms with van der Waals surface area (Å²) in [6.45, 7) is 5.84. The van der Waals surface area contributed by atoms with Gasteiger partial charge in [0.05, 0.1) is 0 Å². The van der Waals surface area contributed by atoms with E-state index in [0.29, 0.717) is 6.42 Å². The van der Waals surface area contributed by atoms with Gasteiger partial charge in [-0.1, -0.05) is 6.42 Å². The number of carbonyl (C=O) groups excluding carboxylic acids is 1. The van der Waals surface area contributed by atoms with Crippen molar-refractivity contribution in [2.75, 3.05) is 18.8 Å². The van der Waals surface area contributed by atoms with Gasteiger partial charge < -0.3 is 10.6 Å². The summed E-state index contributed by atoms with van der Waals surface area (Å²) >= 11 is 2.07. The Morgan fingerprint density at radius 1 is 1.44 bits per heavy atom. The molecule has 94 valence electrons. The van der Waals surface area contributed by atoms with Crippen molar-refractivity contribution in [3.8, 4) is 0 Å². The average molecular weight is 244 g/mol. The van der Waals surface area contributed by atoms with Crippen LogP contribution in [0.1, 0.15) is 39.5 Å². The van der Waals surface area contributed by atoms with E-state index in [-0.39, 0.29) is 11.9 Å². The molecular formula is C12H24N2OS. The third kappa shape index (κ3) is 6.38. The molecule has 4 heteroatoms. The topological polar surface area (TPSA) is 41.1 Å². The number of amides is 1. The maximum atomic E-state index is 11.3. The summed E-state index contributed by atoms with van der Waals surface area (Å²) in [6, 6.07) is 0.251. The van der Waals surface area contributed by atoms with E-state index in [2.05, 4.69) is 22.4 Å². The number of rotatable bonds is 6. The monoisotopic (exact) mass is 244 g/mol. The quantitative estimate of drug-likeness (QED) is 0.700. The number of nitrogens with one attached hydrogen (secondary N) is 2. The van der Waals surface area contributed by atoms with Gasteiger partial charge in [-0.25, -0.2) is 0 Å². The largest absolute Gasteiger partial charge is 0.354 e. The SMILES string of the molecule is CC(C)NC(=O)CCNCC1CCCCS1. The van der Waals surface area contributed by atoms with Gasteiger partial charge in [0.25, 0.3) is 0 Å². The second kappa shape index (κ2) is 7.96. The molecule has 1 fully saturated rings. The van der Waals surface area contributed by atoms with Crippen molar-refractivity contribution in [2.45, 2.75) is 50.8 Å².